The third kappa shape index (κ3) is 5.95. The molecule has 32 heavy (non-hydrogen) atoms. The van der Waals surface area contributed by atoms with E-state index in [1.165, 1.54) is 18.5 Å². The lowest BCUT2D eigenvalue weighted by Gasteiger charge is -2.10. The smallest absolute Gasteiger partial charge is 0.318 e. The van der Waals surface area contributed by atoms with Crippen molar-refractivity contribution < 1.29 is 31.2 Å². The van der Waals surface area contributed by atoms with Gasteiger partial charge in [0.1, 0.15) is 5.69 Å². The molecule has 0 amide bonds. The number of oxime groups is 1. The normalized spacial score (nSPS) is 12.6. The van der Waals surface area contributed by atoms with Gasteiger partial charge in [-0.15, -0.1) is 11.3 Å². The number of carbonyl (C=O) groups excluding carboxylic acids is 1. The van der Waals surface area contributed by atoms with Crippen LogP contribution in [0.3, 0.4) is 0 Å². The molecule has 13 heteroatoms. The molecule has 3 aromatic heterocycles. The van der Waals surface area contributed by atoms with Crippen LogP contribution in [-0.4, -0.2) is 40.8 Å². The third-order valence-electron chi connectivity index (χ3n) is 4.01. The highest BCUT2D eigenvalue weighted by atomic mass is 32.2. The van der Waals surface area contributed by atoms with Crippen molar-refractivity contribution in [3.05, 3.63) is 59.4 Å². The van der Waals surface area contributed by atoms with Crippen LogP contribution in [0, 0.1) is 0 Å². The highest BCUT2D eigenvalue weighted by Gasteiger charge is 2.35. The first-order chi connectivity index (χ1) is 15.1. The molecule has 0 saturated heterocycles. The first-order valence-corrected chi connectivity index (χ1v) is 11.5. The van der Waals surface area contributed by atoms with E-state index >= 15 is 0 Å². The van der Waals surface area contributed by atoms with Gasteiger partial charge in [-0.1, -0.05) is 11.2 Å². The summed E-state index contributed by atoms with van der Waals surface area (Å²) in [5.41, 5.74) is -0.583. The summed E-state index contributed by atoms with van der Waals surface area (Å²) in [4.78, 5) is 27.7. The minimum Gasteiger partial charge on any atom is -0.318 e. The number of halogens is 3. The molecule has 0 bridgehead atoms. The van der Waals surface area contributed by atoms with E-state index in [9.17, 15) is 26.4 Å². The van der Waals surface area contributed by atoms with Crippen LogP contribution in [0.15, 0.2) is 58.4 Å². The Balaban J connectivity index is 1.76. The quantitative estimate of drug-likeness (QED) is 0.217. The van der Waals surface area contributed by atoms with Gasteiger partial charge in [0, 0.05) is 18.0 Å². The standard InChI is InChI=1S/C19H15F3N4O4S2/c1-12(13-4-7-23-8-5-13)26-30-17(27)6-10-32(28,29)18-24-14(15-3-2-9-31-15)11-16(25-18)19(20,21)22/h2-5,7-9,11H,6,10H2,1H3. The molecule has 0 aliphatic heterocycles. The van der Waals surface area contributed by atoms with E-state index in [2.05, 4.69) is 20.1 Å². The lowest BCUT2D eigenvalue weighted by atomic mass is 10.2. The monoisotopic (exact) mass is 484 g/mol. The van der Waals surface area contributed by atoms with Crippen LogP contribution >= 0.6 is 11.3 Å². The number of alkyl halides is 3. The maximum absolute atomic E-state index is 13.2. The fourth-order valence-electron chi connectivity index (χ4n) is 2.38. The first kappa shape index (κ1) is 23.5. The molecule has 0 aromatic carbocycles. The zero-order chi connectivity index (χ0) is 23.4. The lowest BCUT2D eigenvalue weighted by molar-refractivity contribution is -0.143. The predicted molar refractivity (Wildman–Crippen MR) is 110 cm³/mol. The molecule has 0 saturated carbocycles. The van der Waals surface area contributed by atoms with Gasteiger partial charge < -0.3 is 4.84 Å². The zero-order valence-corrected chi connectivity index (χ0v) is 18.0. The maximum Gasteiger partial charge on any atom is 0.433 e. The summed E-state index contributed by atoms with van der Waals surface area (Å²) in [5, 5.41) is 4.23. The molecule has 3 aromatic rings. The van der Waals surface area contributed by atoms with E-state index < -0.39 is 45.0 Å². The number of hydrogen-bond acceptors (Lipinski definition) is 9. The van der Waals surface area contributed by atoms with Crippen molar-refractivity contribution in [2.45, 2.75) is 24.7 Å². The van der Waals surface area contributed by atoms with E-state index in [1.54, 1.807) is 30.5 Å². The van der Waals surface area contributed by atoms with Crippen LogP contribution < -0.4 is 0 Å². The molecule has 0 atom stereocenters. The van der Waals surface area contributed by atoms with Gasteiger partial charge in [-0.3, -0.25) is 4.98 Å². The van der Waals surface area contributed by atoms with E-state index in [1.807, 2.05) is 0 Å². The Bertz CT molecular complexity index is 1230. The summed E-state index contributed by atoms with van der Waals surface area (Å²) in [7, 11) is -4.42. The average Bonchev–Trinajstić information content (AvgIpc) is 3.31. The second-order valence-corrected chi connectivity index (χ2v) is 9.29. The van der Waals surface area contributed by atoms with Gasteiger partial charge in [-0.25, -0.2) is 23.2 Å². The van der Waals surface area contributed by atoms with Crippen molar-refractivity contribution >= 4 is 32.9 Å². The summed E-state index contributed by atoms with van der Waals surface area (Å²) in [6.07, 6.45) is -2.49. The number of pyridine rings is 1. The summed E-state index contributed by atoms with van der Waals surface area (Å²) < 4.78 is 64.8. The molecule has 168 valence electrons. The Morgan fingerprint density at radius 3 is 2.53 bits per heavy atom. The van der Waals surface area contributed by atoms with Crippen molar-refractivity contribution in [3.8, 4) is 10.6 Å². The molecule has 0 N–H and O–H groups in total. The minimum absolute atomic E-state index is 0.180. The third-order valence-corrected chi connectivity index (χ3v) is 6.38. The number of carbonyl (C=O) groups is 1. The van der Waals surface area contributed by atoms with E-state index in [4.69, 9.17) is 4.84 Å². The molecular formula is C19H15F3N4O4S2. The van der Waals surface area contributed by atoms with Gasteiger partial charge in [-0.2, -0.15) is 13.2 Å². The number of thiophene rings is 1. The molecule has 3 heterocycles. The molecule has 0 unspecified atom stereocenters. The summed E-state index contributed by atoms with van der Waals surface area (Å²) in [6.45, 7) is 1.57. The van der Waals surface area contributed by atoms with E-state index in [0.29, 0.717) is 22.2 Å². The van der Waals surface area contributed by atoms with Gasteiger partial charge >= 0.3 is 12.1 Å². The summed E-state index contributed by atoms with van der Waals surface area (Å²) in [5.74, 6) is -1.83. The van der Waals surface area contributed by atoms with Gasteiger partial charge in [0.05, 0.1) is 28.5 Å². The molecule has 0 fully saturated rings. The second-order valence-electron chi connectivity index (χ2n) is 6.34. The van der Waals surface area contributed by atoms with Gasteiger partial charge in [0.15, 0.2) is 0 Å². The Morgan fingerprint density at radius 2 is 1.91 bits per heavy atom. The van der Waals surface area contributed by atoms with Crippen LogP contribution in [0.1, 0.15) is 24.6 Å². The van der Waals surface area contributed by atoms with Crippen LogP contribution in [0.5, 0.6) is 0 Å². The largest absolute Gasteiger partial charge is 0.433 e. The Morgan fingerprint density at radius 1 is 1.19 bits per heavy atom. The fourth-order valence-corrected chi connectivity index (χ4v) is 4.16. The molecule has 3 rings (SSSR count). The van der Waals surface area contributed by atoms with Crippen LogP contribution in [0.4, 0.5) is 13.2 Å². The lowest BCUT2D eigenvalue weighted by Crippen LogP contribution is -2.18. The van der Waals surface area contributed by atoms with Crippen molar-refractivity contribution in [2.75, 3.05) is 5.75 Å². The predicted octanol–water partition coefficient (Wildman–Crippen LogP) is 3.75. The number of rotatable bonds is 7. The van der Waals surface area contributed by atoms with Crippen LogP contribution in [0.2, 0.25) is 0 Å². The number of aromatic nitrogens is 3. The number of sulfone groups is 1. The SMILES string of the molecule is CC(=NOC(=O)CCS(=O)(=O)c1nc(-c2cccs2)cc(C(F)(F)F)n1)c1ccncc1. The van der Waals surface area contributed by atoms with Gasteiger partial charge in [0.2, 0.25) is 15.0 Å². The van der Waals surface area contributed by atoms with Crippen molar-refractivity contribution in [2.24, 2.45) is 5.16 Å². The molecule has 8 nitrogen and oxygen atoms in total. The van der Waals surface area contributed by atoms with E-state index in [-0.39, 0.29) is 5.69 Å². The molecule has 0 radical (unpaired) electrons. The fraction of sp³-hybridized carbons (Fsp3) is 0.211. The van der Waals surface area contributed by atoms with E-state index in [0.717, 1.165) is 11.3 Å². The highest BCUT2D eigenvalue weighted by Crippen LogP contribution is 2.32. The van der Waals surface area contributed by atoms with Crippen LogP contribution in [-0.2, 0) is 25.6 Å². The maximum atomic E-state index is 13.2. The number of hydrogen-bond donors (Lipinski definition) is 0. The number of nitrogens with zero attached hydrogens (tertiary/aromatic N) is 4. The first-order valence-electron chi connectivity index (χ1n) is 8.94. The topological polar surface area (TPSA) is 111 Å². The average molecular weight is 484 g/mol. The van der Waals surface area contributed by atoms with Gasteiger partial charge in [0.25, 0.3) is 0 Å². The van der Waals surface area contributed by atoms with Crippen molar-refractivity contribution in [3.63, 3.8) is 0 Å². The summed E-state index contributed by atoms with van der Waals surface area (Å²) in [6, 6.07) is 7.04. The zero-order valence-electron chi connectivity index (χ0n) is 16.4. The molecule has 0 aliphatic rings. The highest BCUT2D eigenvalue weighted by molar-refractivity contribution is 7.91. The van der Waals surface area contributed by atoms with Gasteiger partial charge in [-0.05, 0) is 36.6 Å². The van der Waals surface area contributed by atoms with Crippen LogP contribution in [0.25, 0.3) is 10.6 Å². The Kier molecular flexibility index (Phi) is 6.99. The molecular weight excluding hydrogens is 469 g/mol. The Hall–Kier alpha value is -3.19. The second kappa shape index (κ2) is 9.53. The minimum atomic E-state index is -4.88. The Labute approximate surface area is 184 Å². The summed E-state index contributed by atoms with van der Waals surface area (Å²) >= 11 is 1.10. The molecule has 0 spiro atoms. The van der Waals surface area contributed by atoms with Crippen molar-refractivity contribution in [1.29, 1.82) is 0 Å². The molecule has 0 aliphatic carbocycles. The van der Waals surface area contributed by atoms with Crippen molar-refractivity contribution in [1.82, 2.24) is 15.0 Å².